The number of carbonyl (C=O) groups is 1. The fourth-order valence-corrected chi connectivity index (χ4v) is 1.59. The second-order valence-corrected chi connectivity index (χ2v) is 3.91. The maximum Gasteiger partial charge on any atom is 0.157 e. The topological polar surface area (TPSA) is 46.5 Å². The number of hydrogen-bond acceptors (Lipinski definition) is 3. The van der Waals surface area contributed by atoms with Gasteiger partial charge >= 0.3 is 0 Å². The molecule has 0 saturated heterocycles. The maximum atomic E-state index is 10.8. The fourth-order valence-electron chi connectivity index (χ4n) is 1.59. The molecule has 0 saturated carbocycles. The van der Waals surface area contributed by atoms with E-state index >= 15 is 0 Å². The zero-order valence-electron chi connectivity index (χ0n) is 9.28. The van der Waals surface area contributed by atoms with E-state index in [0.717, 1.165) is 12.0 Å². The summed E-state index contributed by atoms with van der Waals surface area (Å²) in [5.74, 6) is 0.927. The van der Waals surface area contributed by atoms with Gasteiger partial charge in [0.1, 0.15) is 11.5 Å². The van der Waals surface area contributed by atoms with Crippen LogP contribution in [0.2, 0.25) is 0 Å². The normalized spacial score (nSPS) is 10.4. The molecular formula is C12H16O3. The van der Waals surface area contributed by atoms with Gasteiger partial charge in [-0.2, -0.15) is 0 Å². The third-order valence-electron chi connectivity index (χ3n) is 2.20. The Hall–Kier alpha value is -1.51. The standard InChI is InChI=1S/C12H16O3/c1-8(2)6-9-4-5-11(14)10(7-13)12(9)15-3/h4-5,7-8,14H,6H2,1-3H3. The lowest BCUT2D eigenvalue weighted by Crippen LogP contribution is -2.01. The molecule has 0 aromatic heterocycles. The van der Waals surface area contributed by atoms with Gasteiger partial charge in [-0.25, -0.2) is 0 Å². The molecule has 82 valence electrons. The summed E-state index contributed by atoms with van der Waals surface area (Å²) < 4.78 is 5.16. The van der Waals surface area contributed by atoms with Crippen molar-refractivity contribution >= 4 is 6.29 Å². The summed E-state index contributed by atoms with van der Waals surface area (Å²) in [4.78, 5) is 10.8. The highest BCUT2D eigenvalue weighted by atomic mass is 16.5. The zero-order valence-corrected chi connectivity index (χ0v) is 9.28. The third kappa shape index (κ3) is 2.49. The second-order valence-electron chi connectivity index (χ2n) is 3.91. The van der Waals surface area contributed by atoms with Gasteiger partial charge in [0, 0.05) is 0 Å². The van der Waals surface area contributed by atoms with Crippen LogP contribution in [-0.4, -0.2) is 18.5 Å². The molecule has 0 aliphatic carbocycles. The van der Waals surface area contributed by atoms with Gasteiger partial charge in [0.05, 0.1) is 12.7 Å². The SMILES string of the molecule is COc1c(CC(C)C)ccc(O)c1C=O. The predicted molar refractivity (Wildman–Crippen MR) is 58.6 cm³/mol. The Labute approximate surface area is 89.7 Å². The summed E-state index contributed by atoms with van der Waals surface area (Å²) in [7, 11) is 1.51. The summed E-state index contributed by atoms with van der Waals surface area (Å²) in [6.45, 7) is 4.18. The fraction of sp³-hybridized carbons (Fsp3) is 0.417. The average molecular weight is 208 g/mol. The number of aldehydes is 1. The highest BCUT2D eigenvalue weighted by Crippen LogP contribution is 2.31. The van der Waals surface area contributed by atoms with Gasteiger partial charge in [0.15, 0.2) is 6.29 Å². The summed E-state index contributed by atoms with van der Waals surface area (Å²) in [6.07, 6.45) is 1.45. The molecule has 1 aromatic carbocycles. The van der Waals surface area contributed by atoms with E-state index in [1.54, 1.807) is 6.07 Å². The number of hydrogen-bond donors (Lipinski definition) is 1. The number of benzene rings is 1. The summed E-state index contributed by atoms with van der Waals surface area (Å²) in [6, 6.07) is 3.32. The molecule has 0 aliphatic rings. The lowest BCUT2D eigenvalue weighted by molar-refractivity contribution is 0.111. The summed E-state index contributed by atoms with van der Waals surface area (Å²) in [5.41, 5.74) is 1.18. The monoisotopic (exact) mass is 208 g/mol. The van der Waals surface area contributed by atoms with E-state index in [4.69, 9.17) is 4.74 Å². The van der Waals surface area contributed by atoms with E-state index in [1.807, 2.05) is 0 Å². The molecule has 1 N–H and O–H groups in total. The van der Waals surface area contributed by atoms with E-state index in [2.05, 4.69) is 13.8 Å². The quantitative estimate of drug-likeness (QED) is 0.773. The van der Waals surface area contributed by atoms with Gasteiger partial charge in [-0.1, -0.05) is 19.9 Å². The van der Waals surface area contributed by atoms with Crippen molar-refractivity contribution in [2.75, 3.05) is 7.11 Å². The Morgan fingerprint density at radius 2 is 2.13 bits per heavy atom. The van der Waals surface area contributed by atoms with E-state index in [-0.39, 0.29) is 11.3 Å². The lowest BCUT2D eigenvalue weighted by Gasteiger charge is -2.13. The molecule has 0 bridgehead atoms. The highest BCUT2D eigenvalue weighted by molar-refractivity contribution is 5.84. The van der Waals surface area contributed by atoms with E-state index in [9.17, 15) is 9.90 Å². The second kappa shape index (κ2) is 4.82. The summed E-state index contributed by atoms with van der Waals surface area (Å²) >= 11 is 0. The predicted octanol–water partition coefficient (Wildman–Crippen LogP) is 2.41. The van der Waals surface area contributed by atoms with Crippen molar-refractivity contribution in [3.8, 4) is 11.5 Å². The van der Waals surface area contributed by atoms with Crippen LogP contribution >= 0.6 is 0 Å². The van der Waals surface area contributed by atoms with Gasteiger partial charge in [-0.05, 0) is 24.0 Å². The van der Waals surface area contributed by atoms with Crippen molar-refractivity contribution in [2.24, 2.45) is 5.92 Å². The Kier molecular flexibility index (Phi) is 3.72. The van der Waals surface area contributed by atoms with Crippen molar-refractivity contribution in [2.45, 2.75) is 20.3 Å². The smallest absolute Gasteiger partial charge is 0.157 e. The number of ether oxygens (including phenoxy) is 1. The first-order valence-corrected chi connectivity index (χ1v) is 4.94. The van der Waals surface area contributed by atoms with Crippen LogP contribution in [0.15, 0.2) is 12.1 Å². The molecule has 1 rings (SSSR count). The largest absolute Gasteiger partial charge is 0.507 e. The van der Waals surface area contributed by atoms with Crippen molar-refractivity contribution in [3.05, 3.63) is 23.3 Å². The molecular weight excluding hydrogens is 192 g/mol. The number of aromatic hydroxyl groups is 1. The Balaban J connectivity index is 3.22. The van der Waals surface area contributed by atoms with Crippen LogP contribution in [-0.2, 0) is 6.42 Å². The lowest BCUT2D eigenvalue weighted by atomic mass is 9.99. The Bertz CT molecular complexity index is 356. The first-order valence-electron chi connectivity index (χ1n) is 4.94. The molecule has 0 heterocycles. The van der Waals surface area contributed by atoms with Crippen LogP contribution in [0.1, 0.15) is 29.8 Å². The molecule has 0 fully saturated rings. The number of phenols is 1. The van der Waals surface area contributed by atoms with Gasteiger partial charge in [0.25, 0.3) is 0 Å². The van der Waals surface area contributed by atoms with Crippen molar-refractivity contribution in [3.63, 3.8) is 0 Å². The molecule has 0 amide bonds. The number of phenolic OH excluding ortho intramolecular Hbond substituents is 1. The molecule has 0 spiro atoms. The van der Waals surface area contributed by atoms with Crippen LogP contribution in [0.5, 0.6) is 11.5 Å². The van der Waals surface area contributed by atoms with Crippen LogP contribution in [0.25, 0.3) is 0 Å². The third-order valence-corrected chi connectivity index (χ3v) is 2.20. The Morgan fingerprint density at radius 1 is 1.47 bits per heavy atom. The first kappa shape index (κ1) is 11.6. The van der Waals surface area contributed by atoms with E-state index in [1.165, 1.54) is 13.2 Å². The number of carbonyl (C=O) groups excluding carboxylic acids is 1. The molecule has 3 nitrogen and oxygen atoms in total. The van der Waals surface area contributed by atoms with Crippen LogP contribution in [0, 0.1) is 5.92 Å². The van der Waals surface area contributed by atoms with Crippen LogP contribution in [0.4, 0.5) is 0 Å². The molecule has 3 heteroatoms. The highest BCUT2D eigenvalue weighted by Gasteiger charge is 2.13. The minimum Gasteiger partial charge on any atom is -0.507 e. The van der Waals surface area contributed by atoms with Gasteiger partial charge < -0.3 is 9.84 Å². The van der Waals surface area contributed by atoms with Crippen LogP contribution < -0.4 is 4.74 Å². The molecule has 1 aromatic rings. The van der Waals surface area contributed by atoms with Crippen molar-refractivity contribution < 1.29 is 14.6 Å². The minimum atomic E-state index is -0.0330. The van der Waals surface area contributed by atoms with Crippen molar-refractivity contribution in [1.29, 1.82) is 0 Å². The molecule has 15 heavy (non-hydrogen) atoms. The minimum absolute atomic E-state index is 0.0330. The van der Waals surface area contributed by atoms with Gasteiger partial charge in [-0.3, -0.25) is 4.79 Å². The van der Waals surface area contributed by atoms with Crippen LogP contribution in [0.3, 0.4) is 0 Å². The van der Waals surface area contributed by atoms with E-state index < -0.39 is 0 Å². The number of methoxy groups -OCH3 is 1. The molecule has 0 unspecified atom stereocenters. The zero-order chi connectivity index (χ0) is 11.4. The van der Waals surface area contributed by atoms with Crippen molar-refractivity contribution in [1.82, 2.24) is 0 Å². The molecule has 0 aliphatic heterocycles. The number of rotatable bonds is 4. The molecule has 0 atom stereocenters. The first-order chi connectivity index (χ1) is 7.10. The summed E-state index contributed by atoms with van der Waals surface area (Å²) in [5, 5.41) is 9.47. The average Bonchev–Trinajstić information content (AvgIpc) is 2.19. The van der Waals surface area contributed by atoms with Gasteiger partial charge in [0.2, 0.25) is 0 Å². The maximum absolute atomic E-state index is 10.8. The van der Waals surface area contributed by atoms with E-state index in [0.29, 0.717) is 18.0 Å². The molecule has 0 radical (unpaired) electrons. The Morgan fingerprint density at radius 3 is 2.60 bits per heavy atom. The van der Waals surface area contributed by atoms with Gasteiger partial charge in [-0.15, -0.1) is 0 Å².